The largest absolute Gasteiger partial charge is 0.444 e. The Morgan fingerprint density at radius 3 is 2.71 bits per heavy atom. The SMILES string of the molecule is Cc1cnc(C(C)Nc2ccc(C#N)nc2)o1. The van der Waals surface area contributed by atoms with Crippen LogP contribution in [0.4, 0.5) is 5.69 Å². The van der Waals surface area contributed by atoms with Crippen molar-refractivity contribution in [3.05, 3.63) is 41.9 Å². The molecule has 0 spiro atoms. The van der Waals surface area contributed by atoms with E-state index < -0.39 is 0 Å². The second-order valence-corrected chi connectivity index (χ2v) is 3.72. The molecule has 0 bridgehead atoms. The summed E-state index contributed by atoms with van der Waals surface area (Å²) in [6.07, 6.45) is 3.30. The molecule has 1 unspecified atom stereocenters. The Hall–Kier alpha value is -2.35. The number of oxazole rings is 1. The molecule has 2 aromatic heterocycles. The number of aromatic nitrogens is 2. The lowest BCUT2D eigenvalue weighted by Gasteiger charge is -2.11. The van der Waals surface area contributed by atoms with E-state index in [4.69, 9.17) is 9.68 Å². The second kappa shape index (κ2) is 4.66. The summed E-state index contributed by atoms with van der Waals surface area (Å²) in [5.41, 5.74) is 1.22. The Kier molecular flexibility index (Phi) is 3.06. The molecule has 1 N–H and O–H groups in total. The molecule has 0 aliphatic heterocycles. The highest BCUT2D eigenvalue weighted by molar-refractivity contribution is 5.43. The molecule has 0 fully saturated rings. The summed E-state index contributed by atoms with van der Waals surface area (Å²) in [5, 5.41) is 11.8. The summed E-state index contributed by atoms with van der Waals surface area (Å²) >= 11 is 0. The minimum absolute atomic E-state index is 0.0431. The Balaban J connectivity index is 2.08. The molecule has 1 atom stereocenters. The van der Waals surface area contributed by atoms with Crippen LogP contribution in [0.1, 0.15) is 30.3 Å². The molecular formula is C12H12N4O. The monoisotopic (exact) mass is 228 g/mol. The molecule has 0 aliphatic carbocycles. The molecule has 0 aromatic carbocycles. The molecule has 2 rings (SSSR count). The van der Waals surface area contributed by atoms with Gasteiger partial charge < -0.3 is 9.73 Å². The van der Waals surface area contributed by atoms with Gasteiger partial charge in [0.15, 0.2) is 0 Å². The summed E-state index contributed by atoms with van der Waals surface area (Å²) in [6.45, 7) is 3.80. The van der Waals surface area contributed by atoms with Crippen LogP contribution in [0.3, 0.4) is 0 Å². The molecule has 0 aliphatic rings. The van der Waals surface area contributed by atoms with Gasteiger partial charge in [-0.3, -0.25) is 0 Å². The Morgan fingerprint density at radius 2 is 2.18 bits per heavy atom. The number of nitriles is 1. The summed E-state index contributed by atoms with van der Waals surface area (Å²) in [5.74, 6) is 1.42. The molecule has 0 radical (unpaired) electrons. The number of nitrogens with zero attached hydrogens (tertiary/aromatic N) is 3. The minimum atomic E-state index is -0.0431. The normalized spacial score (nSPS) is 11.8. The Morgan fingerprint density at radius 1 is 1.35 bits per heavy atom. The Bertz CT molecular complexity index is 538. The van der Waals surface area contributed by atoms with E-state index in [0.717, 1.165) is 11.4 Å². The van der Waals surface area contributed by atoms with Crippen LogP contribution >= 0.6 is 0 Å². The summed E-state index contributed by atoms with van der Waals surface area (Å²) in [4.78, 5) is 8.12. The maximum atomic E-state index is 8.63. The third-order valence-corrected chi connectivity index (χ3v) is 2.27. The van der Waals surface area contributed by atoms with E-state index in [1.165, 1.54) is 0 Å². The number of rotatable bonds is 3. The number of hydrogen-bond acceptors (Lipinski definition) is 5. The highest BCUT2D eigenvalue weighted by Crippen LogP contribution is 2.18. The number of hydrogen-bond donors (Lipinski definition) is 1. The molecular weight excluding hydrogens is 216 g/mol. The lowest BCUT2D eigenvalue weighted by molar-refractivity contribution is 0.453. The molecule has 0 saturated heterocycles. The van der Waals surface area contributed by atoms with Crippen LogP contribution in [0, 0.1) is 18.3 Å². The predicted octanol–water partition coefficient (Wildman–Crippen LogP) is 2.42. The molecule has 0 saturated carbocycles. The molecule has 0 amide bonds. The van der Waals surface area contributed by atoms with Crippen molar-refractivity contribution in [2.75, 3.05) is 5.32 Å². The maximum Gasteiger partial charge on any atom is 0.216 e. The highest BCUT2D eigenvalue weighted by atomic mass is 16.4. The van der Waals surface area contributed by atoms with Gasteiger partial charge in [-0.1, -0.05) is 0 Å². The van der Waals surface area contributed by atoms with E-state index in [-0.39, 0.29) is 6.04 Å². The van der Waals surface area contributed by atoms with Crippen molar-refractivity contribution in [3.63, 3.8) is 0 Å². The number of aryl methyl sites for hydroxylation is 1. The van der Waals surface area contributed by atoms with Crippen molar-refractivity contribution >= 4 is 5.69 Å². The first kappa shape index (κ1) is 11.1. The first-order valence-electron chi connectivity index (χ1n) is 5.24. The van der Waals surface area contributed by atoms with Gasteiger partial charge in [-0.05, 0) is 26.0 Å². The average Bonchev–Trinajstić information content (AvgIpc) is 2.77. The summed E-state index contributed by atoms with van der Waals surface area (Å²) in [6, 6.07) is 5.40. The van der Waals surface area contributed by atoms with E-state index in [0.29, 0.717) is 11.6 Å². The van der Waals surface area contributed by atoms with Gasteiger partial charge >= 0.3 is 0 Å². The van der Waals surface area contributed by atoms with Gasteiger partial charge in [0.25, 0.3) is 0 Å². The van der Waals surface area contributed by atoms with Crippen molar-refractivity contribution in [1.29, 1.82) is 5.26 Å². The first-order valence-corrected chi connectivity index (χ1v) is 5.24. The van der Waals surface area contributed by atoms with E-state index in [1.807, 2.05) is 19.9 Å². The lowest BCUT2D eigenvalue weighted by atomic mass is 10.3. The van der Waals surface area contributed by atoms with Crippen LogP contribution in [-0.2, 0) is 0 Å². The van der Waals surface area contributed by atoms with Crippen LogP contribution in [0.15, 0.2) is 28.9 Å². The Labute approximate surface area is 99.1 Å². The van der Waals surface area contributed by atoms with Crippen LogP contribution in [0.25, 0.3) is 0 Å². The zero-order chi connectivity index (χ0) is 12.3. The summed E-state index contributed by atoms with van der Waals surface area (Å²) < 4.78 is 5.42. The highest BCUT2D eigenvalue weighted by Gasteiger charge is 2.10. The zero-order valence-corrected chi connectivity index (χ0v) is 9.64. The van der Waals surface area contributed by atoms with Crippen molar-refractivity contribution in [3.8, 4) is 6.07 Å². The van der Waals surface area contributed by atoms with Crippen molar-refractivity contribution in [2.45, 2.75) is 19.9 Å². The average molecular weight is 228 g/mol. The van der Waals surface area contributed by atoms with Crippen LogP contribution in [0.2, 0.25) is 0 Å². The summed E-state index contributed by atoms with van der Waals surface area (Å²) in [7, 11) is 0. The first-order chi connectivity index (χ1) is 8.19. The quantitative estimate of drug-likeness (QED) is 0.873. The standard InChI is InChI=1S/C12H12N4O/c1-8-6-15-12(17-8)9(2)16-11-4-3-10(5-13)14-7-11/h3-4,6-7,9,16H,1-2H3. The molecule has 2 heterocycles. The van der Waals surface area contributed by atoms with Gasteiger partial charge in [0.2, 0.25) is 5.89 Å². The maximum absolute atomic E-state index is 8.63. The fraction of sp³-hybridized carbons (Fsp3) is 0.250. The van der Waals surface area contributed by atoms with Gasteiger partial charge in [0, 0.05) is 0 Å². The van der Waals surface area contributed by atoms with Gasteiger partial charge in [0.05, 0.1) is 18.1 Å². The van der Waals surface area contributed by atoms with E-state index in [2.05, 4.69) is 15.3 Å². The van der Waals surface area contributed by atoms with Crippen LogP contribution in [-0.4, -0.2) is 9.97 Å². The fourth-order valence-electron chi connectivity index (χ4n) is 1.43. The molecule has 5 nitrogen and oxygen atoms in total. The number of anilines is 1. The predicted molar refractivity (Wildman–Crippen MR) is 62.2 cm³/mol. The van der Waals surface area contributed by atoms with Gasteiger partial charge in [0.1, 0.15) is 23.6 Å². The molecule has 2 aromatic rings. The van der Waals surface area contributed by atoms with Crippen LogP contribution in [0.5, 0.6) is 0 Å². The molecule has 5 heteroatoms. The third kappa shape index (κ3) is 2.61. The van der Waals surface area contributed by atoms with Gasteiger partial charge in [-0.2, -0.15) is 5.26 Å². The lowest BCUT2D eigenvalue weighted by Crippen LogP contribution is -2.07. The van der Waals surface area contributed by atoms with Crippen LogP contribution < -0.4 is 5.32 Å². The zero-order valence-electron chi connectivity index (χ0n) is 9.64. The minimum Gasteiger partial charge on any atom is -0.444 e. The molecule has 17 heavy (non-hydrogen) atoms. The van der Waals surface area contributed by atoms with Crippen molar-refractivity contribution in [2.24, 2.45) is 0 Å². The van der Waals surface area contributed by atoms with Crippen molar-refractivity contribution < 1.29 is 4.42 Å². The number of nitrogens with one attached hydrogen (secondary N) is 1. The van der Waals surface area contributed by atoms with Gasteiger partial charge in [-0.15, -0.1) is 0 Å². The fourth-order valence-corrected chi connectivity index (χ4v) is 1.43. The smallest absolute Gasteiger partial charge is 0.216 e. The van der Waals surface area contributed by atoms with E-state index >= 15 is 0 Å². The number of pyridine rings is 1. The topological polar surface area (TPSA) is 74.7 Å². The third-order valence-electron chi connectivity index (χ3n) is 2.27. The molecule has 86 valence electrons. The van der Waals surface area contributed by atoms with Crippen molar-refractivity contribution in [1.82, 2.24) is 9.97 Å². The van der Waals surface area contributed by atoms with Gasteiger partial charge in [-0.25, -0.2) is 9.97 Å². The second-order valence-electron chi connectivity index (χ2n) is 3.72. The van der Waals surface area contributed by atoms with E-state index in [1.54, 1.807) is 24.5 Å². The van der Waals surface area contributed by atoms with E-state index in [9.17, 15) is 0 Å².